The summed E-state index contributed by atoms with van der Waals surface area (Å²) in [5.41, 5.74) is 10.1. The van der Waals surface area contributed by atoms with Crippen LogP contribution in [0.2, 0.25) is 0 Å². The van der Waals surface area contributed by atoms with E-state index in [1.54, 1.807) is 14.0 Å². The molecule has 23 heavy (non-hydrogen) atoms. The van der Waals surface area contributed by atoms with Crippen LogP contribution in [-0.2, 0) is 14.4 Å². The minimum Gasteiger partial charge on any atom is -0.480 e. The summed E-state index contributed by atoms with van der Waals surface area (Å²) in [6.07, 6.45) is 0.827. The molecule has 0 radical (unpaired) electrons. The zero-order valence-corrected chi connectivity index (χ0v) is 14.3. The molecule has 0 amide bonds. The van der Waals surface area contributed by atoms with Gasteiger partial charge in [-0.05, 0) is 33.5 Å². The fraction of sp³-hybridized carbons (Fsp3) is 0.750. The van der Waals surface area contributed by atoms with Gasteiger partial charge >= 0.3 is 17.9 Å². The van der Waals surface area contributed by atoms with Crippen LogP contribution in [0.4, 0.5) is 0 Å². The molecule has 0 aliphatic heterocycles. The molecule has 0 aliphatic carbocycles. The highest BCUT2D eigenvalue weighted by Crippen LogP contribution is 1.80. The van der Waals surface area contributed by atoms with Gasteiger partial charge in [-0.1, -0.05) is 0 Å². The van der Waals surface area contributed by atoms with Crippen molar-refractivity contribution >= 4 is 30.5 Å². The van der Waals surface area contributed by atoms with E-state index in [-0.39, 0.29) is 12.3 Å². The van der Waals surface area contributed by atoms with Crippen molar-refractivity contribution in [3.63, 3.8) is 0 Å². The summed E-state index contributed by atoms with van der Waals surface area (Å²) in [6, 6.07) is -1.25. The quantitative estimate of drug-likeness (QED) is 0.170. The summed E-state index contributed by atoms with van der Waals surface area (Å²) in [6.45, 7) is 2.90. The van der Waals surface area contributed by atoms with E-state index in [9.17, 15) is 14.4 Å². The number of hydrogen-bond donors (Lipinski definition) is 8. The molecule has 0 unspecified atom stereocenters. The summed E-state index contributed by atoms with van der Waals surface area (Å²) in [5, 5.41) is 29.5. The molecule has 2 atom stereocenters. The lowest BCUT2D eigenvalue weighted by atomic mass is 10.4. The summed E-state index contributed by atoms with van der Waals surface area (Å²) >= 11 is 3.65. The number of carbonyl (C=O) groups is 3. The second-order valence-electron chi connectivity index (χ2n) is 4.19. The Hall–Kier alpha value is -1.40. The van der Waals surface area contributed by atoms with Crippen LogP contribution in [0, 0.1) is 0 Å². The average molecular weight is 356 g/mol. The topological polar surface area (TPSA) is 188 Å². The van der Waals surface area contributed by atoms with E-state index in [1.807, 2.05) is 0 Å². The molecule has 0 saturated carbocycles. The Kier molecular flexibility index (Phi) is 21.5. The average Bonchev–Trinajstić information content (AvgIpc) is 2.50. The van der Waals surface area contributed by atoms with Crippen LogP contribution < -0.4 is 22.1 Å². The van der Waals surface area contributed by atoms with E-state index in [1.165, 1.54) is 0 Å². The van der Waals surface area contributed by atoms with E-state index < -0.39 is 30.0 Å². The summed E-state index contributed by atoms with van der Waals surface area (Å²) in [5.74, 6) is -2.46. The fourth-order valence-corrected chi connectivity index (χ4v) is 0.780. The Morgan fingerprint density at radius 1 is 1.17 bits per heavy atom. The van der Waals surface area contributed by atoms with E-state index in [0.717, 1.165) is 6.42 Å². The molecule has 0 aromatic rings. The summed E-state index contributed by atoms with van der Waals surface area (Å²) in [4.78, 5) is 29.5. The smallest absolute Gasteiger partial charge is 0.321 e. The first kappa shape index (κ1) is 26.5. The van der Waals surface area contributed by atoms with Gasteiger partial charge in [-0.2, -0.15) is 12.6 Å². The number of aliphatic carboxylic acids is 3. The maximum absolute atomic E-state index is 9.87. The third-order valence-corrected chi connectivity index (χ3v) is 2.54. The lowest BCUT2D eigenvalue weighted by Crippen LogP contribution is -2.31. The first-order valence-electron chi connectivity index (χ1n) is 6.75. The fourth-order valence-electron chi connectivity index (χ4n) is 0.624. The van der Waals surface area contributed by atoms with E-state index >= 15 is 0 Å². The van der Waals surface area contributed by atoms with Crippen molar-refractivity contribution in [2.45, 2.75) is 25.4 Å². The zero-order valence-electron chi connectivity index (χ0n) is 13.4. The van der Waals surface area contributed by atoms with Gasteiger partial charge in [-0.15, -0.1) is 0 Å². The van der Waals surface area contributed by atoms with Gasteiger partial charge in [0, 0.05) is 5.75 Å². The lowest BCUT2D eigenvalue weighted by molar-refractivity contribution is -0.139. The molecule has 0 aromatic heterocycles. The summed E-state index contributed by atoms with van der Waals surface area (Å²) < 4.78 is 0. The second-order valence-corrected chi connectivity index (χ2v) is 4.55. The Labute approximate surface area is 141 Å². The van der Waals surface area contributed by atoms with Crippen molar-refractivity contribution in [1.82, 2.24) is 10.6 Å². The van der Waals surface area contributed by atoms with Gasteiger partial charge in [0.2, 0.25) is 0 Å². The van der Waals surface area contributed by atoms with Crippen LogP contribution >= 0.6 is 12.6 Å². The Morgan fingerprint density at radius 3 is 1.87 bits per heavy atom. The van der Waals surface area contributed by atoms with Crippen molar-refractivity contribution in [2.24, 2.45) is 11.5 Å². The number of hydrogen-bond acceptors (Lipinski definition) is 8. The molecule has 0 rings (SSSR count). The Bertz CT molecular complexity index is 313. The lowest BCUT2D eigenvalue weighted by Gasteiger charge is -1.99. The molecule has 9 N–H and O–H groups in total. The second kappa shape index (κ2) is 18.6. The standard InChI is InChI=1S/C5H12N2O2.C4H9NO2.C3H7NO2S/c6-2-1-3-7-4-5(8)9;1-3(5-2)4(6)7;4-2(1-7)3(5)6/h7H,1-4,6H2,(H,8,9);3,5H,1-2H3,(H,6,7);2,7H,1,4H2,(H,5,6)/t;3-;2-/m.01/s1. The number of carboxylic acid groups (broad SMARTS) is 3. The van der Waals surface area contributed by atoms with Gasteiger partial charge in [0.15, 0.2) is 0 Å². The maximum atomic E-state index is 9.87. The van der Waals surface area contributed by atoms with Crippen LogP contribution in [0.5, 0.6) is 0 Å². The SMILES string of the molecule is CN[C@@H](C)C(=O)O.NCCCNCC(=O)O.N[C@H](CS)C(=O)O. The summed E-state index contributed by atoms with van der Waals surface area (Å²) in [7, 11) is 1.61. The third kappa shape index (κ3) is 25.9. The molecule has 0 saturated heterocycles. The first-order valence-corrected chi connectivity index (χ1v) is 7.39. The van der Waals surface area contributed by atoms with Gasteiger partial charge < -0.3 is 37.4 Å². The van der Waals surface area contributed by atoms with Gasteiger partial charge in [0.05, 0.1) is 6.54 Å². The zero-order chi connectivity index (χ0) is 18.8. The number of carboxylic acids is 3. The molecule has 0 fully saturated rings. The Morgan fingerprint density at radius 2 is 1.70 bits per heavy atom. The predicted octanol–water partition coefficient (Wildman–Crippen LogP) is -1.98. The first-order chi connectivity index (χ1) is 10.6. The highest BCUT2D eigenvalue weighted by Gasteiger charge is 2.06. The molecule has 0 aliphatic rings. The van der Waals surface area contributed by atoms with Crippen molar-refractivity contribution in [1.29, 1.82) is 0 Å². The van der Waals surface area contributed by atoms with Crippen LogP contribution in [0.25, 0.3) is 0 Å². The molecule has 0 aromatic carbocycles. The number of likely N-dealkylation sites (N-methyl/N-ethyl adjacent to an activating group) is 1. The predicted molar refractivity (Wildman–Crippen MR) is 89.8 cm³/mol. The molecule has 0 spiro atoms. The van der Waals surface area contributed by atoms with Gasteiger partial charge in [-0.3, -0.25) is 14.4 Å². The van der Waals surface area contributed by atoms with Crippen molar-refractivity contribution in [2.75, 3.05) is 32.4 Å². The van der Waals surface area contributed by atoms with Crippen molar-refractivity contribution in [3.8, 4) is 0 Å². The van der Waals surface area contributed by atoms with Gasteiger partial charge in [0.25, 0.3) is 0 Å². The van der Waals surface area contributed by atoms with Crippen LogP contribution in [-0.4, -0.2) is 77.7 Å². The largest absolute Gasteiger partial charge is 0.480 e. The molecule has 138 valence electrons. The molecular formula is C12H28N4O6S. The molecule has 0 heterocycles. The van der Waals surface area contributed by atoms with E-state index in [0.29, 0.717) is 13.1 Å². The van der Waals surface area contributed by atoms with E-state index in [4.69, 9.17) is 26.8 Å². The van der Waals surface area contributed by atoms with Gasteiger partial charge in [-0.25, -0.2) is 0 Å². The molecule has 10 nitrogen and oxygen atoms in total. The molecule has 0 bridgehead atoms. The van der Waals surface area contributed by atoms with Crippen molar-refractivity contribution in [3.05, 3.63) is 0 Å². The highest BCUT2D eigenvalue weighted by atomic mass is 32.1. The highest BCUT2D eigenvalue weighted by molar-refractivity contribution is 7.80. The maximum Gasteiger partial charge on any atom is 0.321 e. The van der Waals surface area contributed by atoms with Gasteiger partial charge in [0.1, 0.15) is 12.1 Å². The number of thiol groups is 1. The molecule has 11 heteroatoms. The normalized spacial score (nSPS) is 11.9. The van der Waals surface area contributed by atoms with Crippen molar-refractivity contribution < 1.29 is 29.7 Å². The Balaban J connectivity index is -0.000000264. The van der Waals surface area contributed by atoms with Crippen LogP contribution in [0.15, 0.2) is 0 Å². The van der Waals surface area contributed by atoms with Crippen LogP contribution in [0.3, 0.4) is 0 Å². The number of rotatable bonds is 9. The third-order valence-electron chi connectivity index (χ3n) is 2.15. The molecular weight excluding hydrogens is 328 g/mol. The number of nitrogens with one attached hydrogen (secondary N) is 2. The van der Waals surface area contributed by atoms with E-state index in [2.05, 4.69) is 23.3 Å². The minimum atomic E-state index is -1.00. The monoisotopic (exact) mass is 356 g/mol. The van der Waals surface area contributed by atoms with Crippen LogP contribution in [0.1, 0.15) is 13.3 Å². The number of nitrogens with two attached hydrogens (primary N) is 2. The minimum absolute atomic E-state index is 0.0278.